The standard InChI is InChI=1S/C30H35NO5/c1-5-23-11-15-28(27(20-23)30(31-34-4)25-9-7-6-8-10-25)36-22(3)17-18-35-26-14-12-24(21(2)19-26)13-16-29(32)33/h6-12,14-15,19-20,22H,5,13,16-18H2,1-4H3,(H,32,33)/b31-30+. The number of oxime groups is 1. The Bertz CT molecular complexity index is 1170. The average Bonchev–Trinajstić information content (AvgIpc) is 2.87. The summed E-state index contributed by atoms with van der Waals surface area (Å²) >= 11 is 0. The first-order chi connectivity index (χ1) is 17.4. The number of nitrogens with zero attached hydrogens (tertiary/aromatic N) is 1. The molecule has 1 atom stereocenters. The Labute approximate surface area is 213 Å². The van der Waals surface area contributed by atoms with Gasteiger partial charge in [0.1, 0.15) is 24.3 Å². The SMILES string of the molecule is CCc1ccc(OC(C)CCOc2ccc(CCC(=O)O)c(C)c2)c(/C(=N/OC)c2ccccc2)c1. The van der Waals surface area contributed by atoms with E-state index in [1.807, 2.05) is 68.4 Å². The van der Waals surface area contributed by atoms with Crippen molar-refractivity contribution in [2.75, 3.05) is 13.7 Å². The van der Waals surface area contributed by atoms with E-state index in [4.69, 9.17) is 19.4 Å². The highest BCUT2D eigenvalue weighted by Gasteiger charge is 2.17. The van der Waals surface area contributed by atoms with Gasteiger partial charge in [-0.3, -0.25) is 4.79 Å². The minimum absolute atomic E-state index is 0.0910. The van der Waals surface area contributed by atoms with Gasteiger partial charge < -0.3 is 19.4 Å². The molecule has 0 aliphatic carbocycles. The Morgan fingerprint density at radius 1 is 1.06 bits per heavy atom. The van der Waals surface area contributed by atoms with Crippen LogP contribution in [0.1, 0.15) is 54.5 Å². The van der Waals surface area contributed by atoms with Gasteiger partial charge in [-0.15, -0.1) is 0 Å². The van der Waals surface area contributed by atoms with Gasteiger partial charge in [-0.2, -0.15) is 0 Å². The molecule has 3 rings (SSSR count). The molecule has 0 aliphatic rings. The Hall–Kier alpha value is -3.80. The Morgan fingerprint density at radius 2 is 1.83 bits per heavy atom. The van der Waals surface area contributed by atoms with Gasteiger partial charge in [0.25, 0.3) is 0 Å². The van der Waals surface area contributed by atoms with Gasteiger partial charge in [0.15, 0.2) is 0 Å². The second-order valence-corrected chi connectivity index (χ2v) is 8.72. The van der Waals surface area contributed by atoms with Crippen LogP contribution in [0.2, 0.25) is 0 Å². The van der Waals surface area contributed by atoms with Crippen LogP contribution in [-0.2, 0) is 22.5 Å². The number of carbonyl (C=O) groups is 1. The van der Waals surface area contributed by atoms with Gasteiger partial charge in [-0.1, -0.05) is 54.5 Å². The summed E-state index contributed by atoms with van der Waals surface area (Å²) in [7, 11) is 1.55. The summed E-state index contributed by atoms with van der Waals surface area (Å²) in [5.74, 6) is 0.726. The number of aryl methyl sites for hydroxylation is 3. The van der Waals surface area contributed by atoms with E-state index in [-0.39, 0.29) is 12.5 Å². The quantitative estimate of drug-likeness (QED) is 0.228. The number of hydrogen-bond donors (Lipinski definition) is 1. The van der Waals surface area contributed by atoms with E-state index in [9.17, 15) is 4.79 Å². The van der Waals surface area contributed by atoms with Crippen LogP contribution in [0.25, 0.3) is 0 Å². The van der Waals surface area contributed by atoms with E-state index >= 15 is 0 Å². The number of ether oxygens (including phenoxy) is 2. The first-order valence-corrected chi connectivity index (χ1v) is 12.3. The van der Waals surface area contributed by atoms with Crippen LogP contribution in [0.15, 0.2) is 71.9 Å². The molecule has 0 bridgehead atoms. The lowest BCUT2D eigenvalue weighted by Crippen LogP contribution is -2.18. The molecular formula is C30H35NO5. The summed E-state index contributed by atoms with van der Waals surface area (Å²) in [5, 5.41) is 13.2. The van der Waals surface area contributed by atoms with E-state index in [2.05, 4.69) is 24.2 Å². The van der Waals surface area contributed by atoms with Crippen molar-refractivity contribution >= 4 is 11.7 Å². The van der Waals surface area contributed by atoms with Crippen molar-refractivity contribution in [2.45, 2.75) is 52.6 Å². The maximum Gasteiger partial charge on any atom is 0.303 e. The molecule has 1 N–H and O–H groups in total. The zero-order chi connectivity index (χ0) is 25.9. The van der Waals surface area contributed by atoms with Gasteiger partial charge >= 0.3 is 5.97 Å². The number of benzene rings is 3. The largest absolute Gasteiger partial charge is 0.493 e. The monoisotopic (exact) mass is 489 g/mol. The lowest BCUT2D eigenvalue weighted by Gasteiger charge is -2.19. The highest BCUT2D eigenvalue weighted by Crippen LogP contribution is 2.26. The molecule has 6 heteroatoms. The molecule has 3 aromatic carbocycles. The minimum atomic E-state index is -0.791. The molecule has 0 amide bonds. The molecule has 0 saturated carbocycles. The van der Waals surface area contributed by atoms with Crippen LogP contribution in [0, 0.1) is 6.92 Å². The van der Waals surface area contributed by atoms with Gasteiger partial charge in [-0.05, 0) is 67.6 Å². The third-order valence-corrected chi connectivity index (χ3v) is 5.98. The Morgan fingerprint density at radius 3 is 2.50 bits per heavy atom. The van der Waals surface area contributed by atoms with Crippen LogP contribution >= 0.6 is 0 Å². The maximum absolute atomic E-state index is 10.8. The molecule has 0 aromatic heterocycles. The second-order valence-electron chi connectivity index (χ2n) is 8.72. The third-order valence-electron chi connectivity index (χ3n) is 5.98. The molecule has 36 heavy (non-hydrogen) atoms. The van der Waals surface area contributed by atoms with Gasteiger partial charge in [-0.25, -0.2) is 0 Å². The molecule has 1 unspecified atom stereocenters. The van der Waals surface area contributed by atoms with Crippen LogP contribution in [0.4, 0.5) is 0 Å². The summed E-state index contributed by atoms with van der Waals surface area (Å²) in [6, 6.07) is 21.9. The molecule has 0 fully saturated rings. The molecule has 0 spiro atoms. The summed E-state index contributed by atoms with van der Waals surface area (Å²) in [6.45, 7) is 6.62. The average molecular weight is 490 g/mol. The predicted octanol–water partition coefficient (Wildman–Crippen LogP) is 6.21. The number of aliphatic carboxylic acids is 1. The fraction of sp³-hybridized carbons (Fsp3) is 0.333. The molecule has 190 valence electrons. The zero-order valence-corrected chi connectivity index (χ0v) is 21.5. The van der Waals surface area contributed by atoms with E-state index < -0.39 is 5.97 Å². The predicted molar refractivity (Wildman–Crippen MR) is 142 cm³/mol. The van der Waals surface area contributed by atoms with Crippen molar-refractivity contribution in [2.24, 2.45) is 5.16 Å². The smallest absolute Gasteiger partial charge is 0.303 e. The summed E-state index contributed by atoms with van der Waals surface area (Å²) < 4.78 is 12.3. The molecule has 6 nitrogen and oxygen atoms in total. The fourth-order valence-electron chi connectivity index (χ4n) is 3.93. The normalized spacial score (nSPS) is 12.2. The van der Waals surface area contributed by atoms with Crippen LogP contribution in [0.5, 0.6) is 11.5 Å². The van der Waals surface area contributed by atoms with Crippen molar-refractivity contribution in [1.29, 1.82) is 0 Å². The maximum atomic E-state index is 10.8. The van der Waals surface area contributed by atoms with Crippen molar-refractivity contribution in [3.8, 4) is 11.5 Å². The third kappa shape index (κ3) is 7.60. The molecule has 0 saturated heterocycles. The zero-order valence-electron chi connectivity index (χ0n) is 21.5. The summed E-state index contributed by atoms with van der Waals surface area (Å²) in [6.07, 6.45) is 2.14. The highest BCUT2D eigenvalue weighted by molar-refractivity contribution is 6.14. The number of rotatable bonds is 13. The Kier molecular flexibility index (Phi) is 9.92. The topological polar surface area (TPSA) is 77.4 Å². The molecule has 3 aromatic rings. The molecule has 0 radical (unpaired) electrons. The summed E-state index contributed by atoms with van der Waals surface area (Å²) in [5.41, 5.74) is 5.82. The number of hydrogen-bond acceptors (Lipinski definition) is 5. The lowest BCUT2D eigenvalue weighted by molar-refractivity contribution is -0.136. The van der Waals surface area contributed by atoms with Gasteiger partial charge in [0.2, 0.25) is 0 Å². The van der Waals surface area contributed by atoms with E-state index in [0.29, 0.717) is 19.4 Å². The first kappa shape index (κ1) is 26.8. The van der Waals surface area contributed by atoms with E-state index in [0.717, 1.165) is 45.9 Å². The summed E-state index contributed by atoms with van der Waals surface area (Å²) in [4.78, 5) is 16.0. The Balaban J connectivity index is 1.67. The van der Waals surface area contributed by atoms with Crippen molar-refractivity contribution in [3.63, 3.8) is 0 Å². The van der Waals surface area contributed by atoms with Crippen molar-refractivity contribution < 1.29 is 24.2 Å². The van der Waals surface area contributed by atoms with Crippen LogP contribution in [0.3, 0.4) is 0 Å². The van der Waals surface area contributed by atoms with Crippen LogP contribution < -0.4 is 9.47 Å². The molecule has 0 heterocycles. The van der Waals surface area contributed by atoms with Crippen molar-refractivity contribution in [1.82, 2.24) is 0 Å². The second kappa shape index (κ2) is 13.3. The number of carboxylic acid groups (broad SMARTS) is 1. The highest BCUT2D eigenvalue weighted by atomic mass is 16.6. The number of carboxylic acids is 1. The minimum Gasteiger partial charge on any atom is -0.493 e. The van der Waals surface area contributed by atoms with Gasteiger partial charge in [0.05, 0.1) is 12.7 Å². The molecular weight excluding hydrogens is 454 g/mol. The van der Waals surface area contributed by atoms with E-state index in [1.165, 1.54) is 5.56 Å². The molecule has 0 aliphatic heterocycles. The first-order valence-electron chi connectivity index (χ1n) is 12.3. The fourth-order valence-corrected chi connectivity index (χ4v) is 3.93. The van der Waals surface area contributed by atoms with E-state index in [1.54, 1.807) is 7.11 Å². The van der Waals surface area contributed by atoms with Gasteiger partial charge in [0, 0.05) is 24.0 Å². The lowest BCUT2D eigenvalue weighted by atomic mass is 9.98. The van der Waals surface area contributed by atoms with Crippen molar-refractivity contribution in [3.05, 3.63) is 94.5 Å². The van der Waals surface area contributed by atoms with Crippen LogP contribution in [-0.4, -0.2) is 36.6 Å².